The van der Waals surface area contributed by atoms with Gasteiger partial charge in [-0.3, -0.25) is 4.79 Å². The Hall–Kier alpha value is -1.07. The summed E-state index contributed by atoms with van der Waals surface area (Å²) in [6, 6.07) is 7.40. The molecule has 1 aromatic carbocycles. The Kier molecular flexibility index (Phi) is 5.27. The molecule has 0 bridgehead atoms. The number of morpholine rings is 1. The fourth-order valence-corrected chi connectivity index (χ4v) is 2.96. The molecule has 1 heterocycles. The van der Waals surface area contributed by atoms with Crippen molar-refractivity contribution in [1.29, 1.82) is 0 Å². The lowest BCUT2D eigenvalue weighted by molar-refractivity contribution is -0.116. The normalized spacial score (nSPS) is 21.1. The fourth-order valence-electron chi connectivity index (χ4n) is 2.63. The van der Waals surface area contributed by atoms with Gasteiger partial charge in [0.25, 0.3) is 5.91 Å². The molecule has 1 aromatic rings. The number of carbonyl (C=O) groups is 1. The van der Waals surface area contributed by atoms with Crippen LogP contribution in [-0.4, -0.2) is 47.5 Å². The van der Waals surface area contributed by atoms with Crippen LogP contribution in [0.5, 0.6) is 5.75 Å². The van der Waals surface area contributed by atoms with Crippen LogP contribution in [0.15, 0.2) is 24.3 Å². The first-order valence-corrected chi connectivity index (χ1v) is 8.34. The Morgan fingerprint density at radius 1 is 1.48 bits per heavy atom. The number of rotatable bonds is 4. The molecule has 0 saturated carbocycles. The van der Waals surface area contributed by atoms with Gasteiger partial charge in [0.05, 0.1) is 23.9 Å². The summed E-state index contributed by atoms with van der Waals surface area (Å²) in [6.45, 7) is 7.65. The van der Waals surface area contributed by atoms with Crippen LogP contribution in [-0.2, 0) is 4.74 Å². The number of halogens is 1. The average molecular weight is 356 g/mol. The van der Waals surface area contributed by atoms with E-state index in [1.54, 1.807) is 0 Å². The molecular formula is C16H22BrNO3. The number of nitrogens with zero attached hydrogens (tertiary/aromatic N) is 1. The number of amides is 1. The van der Waals surface area contributed by atoms with Gasteiger partial charge in [-0.05, 0) is 32.9 Å². The Morgan fingerprint density at radius 3 is 2.86 bits per heavy atom. The van der Waals surface area contributed by atoms with Crippen LogP contribution in [0, 0.1) is 0 Å². The van der Waals surface area contributed by atoms with Crippen molar-refractivity contribution in [2.45, 2.75) is 32.5 Å². The molecule has 0 radical (unpaired) electrons. The van der Waals surface area contributed by atoms with E-state index in [-0.39, 0.29) is 17.6 Å². The average Bonchev–Trinajstić information content (AvgIpc) is 2.45. The van der Waals surface area contributed by atoms with E-state index in [0.29, 0.717) is 36.3 Å². The van der Waals surface area contributed by atoms with Gasteiger partial charge in [0.15, 0.2) is 0 Å². The maximum Gasteiger partial charge on any atom is 0.257 e. The second-order valence-electron chi connectivity index (χ2n) is 5.77. The number of hydrogen-bond donors (Lipinski definition) is 0. The van der Waals surface area contributed by atoms with Crippen molar-refractivity contribution in [3.05, 3.63) is 29.8 Å². The maximum atomic E-state index is 12.8. The SMILES string of the molecule is CCOc1ccccc1C(=O)N1CC(CBr)OC(C)(C)C1. The molecule has 21 heavy (non-hydrogen) atoms. The number of ether oxygens (including phenoxy) is 2. The third kappa shape index (κ3) is 3.98. The van der Waals surface area contributed by atoms with Crippen molar-refractivity contribution in [3.63, 3.8) is 0 Å². The second kappa shape index (κ2) is 6.79. The number of alkyl halides is 1. The van der Waals surface area contributed by atoms with Gasteiger partial charge in [-0.15, -0.1) is 0 Å². The minimum absolute atomic E-state index is 0.00127. The molecular weight excluding hydrogens is 334 g/mol. The second-order valence-corrected chi connectivity index (χ2v) is 6.42. The minimum Gasteiger partial charge on any atom is -0.493 e. The number of benzene rings is 1. The Balaban J connectivity index is 2.23. The van der Waals surface area contributed by atoms with Crippen molar-refractivity contribution in [2.75, 3.05) is 25.0 Å². The highest BCUT2D eigenvalue weighted by Crippen LogP contribution is 2.26. The first-order chi connectivity index (χ1) is 9.96. The Morgan fingerprint density at radius 2 is 2.19 bits per heavy atom. The van der Waals surface area contributed by atoms with Gasteiger partial charge in [0.2, 0.25) is 0 Å². The highest BCUT2D eigenvalue weighted by Gasteiger charge is 2.36. The molecule has 1 amide bonds. The summed E-state index contributed by atoms with van der Waals surface area (Å²) in [5, 5.41) is 0.716. The highest BCUT2D eigenvalue weighted by atomic mass is 79.9. The summed E-state index contributed by atoms with van der Waals surface area (Å²) in [7, 11) is 0. The molecule has 116 valence electrons. The van der Waals surface area contributed by atoms with Gasteiger partial charge < -0.3 is 14.4 Å². The van der Waals surface area contributed by atoms with Crippen LogP contribution in [0.4, 0.5) is 0 Å². The van der Waals surface area contributed by atoms with Crippen molar-refractivity contribution in [3.8, 4) is 5.75 Å². The Bertz CT molecular complexity index is 504. The van der Waals surface area contributed by atoms with E-state index in [2.05, 4.69) is 15.9 Å². The number of carbonyl (C=O) groups excluding carboxylic acids is 1. The standard InChI is InChI=1S/C16H22BrNO3/c1-4-20-14-8-6-5-7-13(14)15(19)18-10-12(9-17)21-16(2,3)11-18/h5-8,12H,4,9-11H2,1-3H3. The topological polar surface area (TPSA) is 38.8 Å². The summed E-state index contributed by atoms with van der Waals surface area (Å²) in [4.78, 5) is 14.7. The molecule has 1 aliphatic rings. The predicted molar refractivity (Wildman–Crippen MR) is 86.3 cm³/mol. The monoisotopic (exact) mass is 355 g/mol. The lowest BCUT2D eigenvalue weighted by Crippen LogP contribution is -2.55. The molecule has 0 aromatic heterocycles. The lowest BCUT2D eigenvalue weighted by atomic mass is 10.0. The minimum atomic E-state index is -0.340. The quantitative estimate of drug-likeness (QED) is 0.779. The molecule has 0 spiro atoms. The van der Waals surface area contributed by atoms with Crippen molar-refractivity contribution >= 4 is 21.8 Å². The molecule has 2 rings (SSSR count). The molecule has 5 heteroatoms. The van der Waals surface area contributed by atoms with E-state index in [9.17, 15) is 4.79 Å². The summed E-state index contributed by atoms with van der Waals surface area (Å²) >= 11 is 3.45. The van der Waals surface area contributed by atoms with Gasteiger partial charge in [-0.2, -0.15) is 0 Å². The lowest BCUT2D eigenvalue weighted by Gasteiger charge is -2.42. The van der Waals surface area contributed by atoms with Crippen LogP contribution < -0.4 is 4.74 Å². The molecule has 1 saturated heterocycles. The molecule has 0 aliphatic carbocycles. The highest BCUT2D eigenvalue weighted by molar-refractivity contribution is 9.09. The number of hydrogen-bond acceptors (Lipinski definition) is 3. The maximum absolute atomic E-state index is 12.8. The van der Waals surface area contributed by atoms with Gasteiger partial charge >= 0.3 is 0 Å². The molecule has 1 atom stereocenters. The summed E-state index contributed by atoms with van der Waals surface area (Å²) in [5.74, 6) is 0.645. The number of para-hydroxylation sites is 1. The van der Waals surface area contributed by atoms with Crippen molar-refractivity contribution < 1.29 is 14.3 Å². The summed E-state index contributed by atoms with van der Waals surface area (Å²) in [5.41, 5.74) is 0.276. The van der Waals surface area contributed by atoms with Crippen molar-refractivity contribution in [1.82, 2.24) is 4.90 Å². The van der Waals surface area contributed by atoms with Gasteiger partial charge in [-0.25, -0.2) is 0 Å². The van der Waals surface area contributed by atoms with Crippen LogP contribution in [0.2, 0.25) is 0 Å². The zero-order valence-corrected chi connectivity index (χ0v) is 14.4. The third-order valence-electron chi connectivity index (χ3n) is 3.36. The smallest absolute Gasteiger partial charge is 0.257 e. The van der Waals surface area contributed by atoms with Crippen LogP contribution in [0.1, 0.15) is 31.1 Å². The Labute approximate surface area is 134 Å². The predicted octanol–water partition coefficient (Wildman–Crippen LogP) is 3.10. The van der Waals surface area contributed by atoms with Crippen LogP contribution in [0.3, 0.4) is 0 Å². The fraction of sp³-hybridized carbons (Fsp3) is 0.562. The van der Waals surface area contributed by atoms with E-state index in [4.69, 9.17) is 9.47 Å². The summed E-state index contributed by atoms with van der Waals surface area (Å²) in [6.07, 6.45) is 0.0111. The molecule has 1 unspecified atom stereocenters. The zero-order chi connectivity index (χ0) is 15.5. The first-order valence-electron chi connectivity index (χ1n) is 7.21. The van der Waals surface area contributed by atoms with Crippen LogP contribution >= 0.6 is 15.9 Å². The molecule has 4 nitrogen and oxygen atoms in total. The largest absolute Gasteiger partial charge is 0.493 e. The van der Waals surface area contributed by atoms with Gasteiger partial charge in [0, 0.05) is 18.4 Å². The molecule has 1 aliphatic heterocycles. The molecule has 0 N–H and O–H groups in total. The molecule has 1 fully saturated rings. The van der Waals surface area contributed by atoms with E-state index in [0.717, 1.165) is 0 Å². The first kappa shape index (κ1) is 16.3. The zero-order valence-electron chi connectivity index (χ0n) is 12.8. The van der Waals surface area contributed by atoms with Gasteiger partial charge in [0.1, 0.15) is 5.75 Å². The third-order valence-corrected chi connectivity index (χ3v) is 4.08. The van der Waals surface area contributed by atoms with E-state index >= 15 is 0 Å². The van der Waals surface area contributed by atoms with E-state index in [1.165, 1.54) is 0 Å². The van der Waals surface area contributed by atoms with Gasteiger partial charge in [-0.1, -0.05) is 28.1 Å². The van der Waals surface area contributed by atoms with E-state index < -0.39 is 0 Å². The summed E-state index contributed by atoms with van der Waals surface area (Å²) < 4.78 is 11.5. The van der Waals surface area contributed by atoms with E-state index in [1.807, 2.05) is 49.9 Å². The van der Waals surface area contributed by atoms with Crippen LogP contribution in [0.25, 0.3) is 0 Å². The van der Waals surface area contributed by atoms with Crippen molar-refractivity contribution in [2.24, 2.45) is 0 Å².